The van der Waals surface area contributed by atoms with Crippen molar-refractivity contribution in [3.63, 3.8) is 0 Å². The van der Waals surface area contributed by atoms with E-state index in [1.807, 2.05) is 18.3 Å². The fraction of sp³-hybridized carbons (Fsp3) is 0.286. The van der Waals surface area contributed by atoms with Crippen LogP contribution in [0, 0.1) is 0 Å². The summed E-state index contributed by atoms with van der Waals surface area (Å²) in [6.07, 6.45) is 5.23. The first-order valence-corrected chi connectivity index (χ1v) is 11.7. The quantitative estimate of drug-likeness (QED) is 0.356. The number of rotatable bonds is 10. The maximum Gasteiger partial charge on any atom is 0.219 e. The van der Waals surface area contributed by atoms with E-state index in [0.29, 0.717) is 12.4 Å². The number of aliphatic hydroxyl groups excluding tert-OH is 1. The predicted molar refractivity (Wildman–Crippen MR) is 133 cm³/mol. The molecule has 0 bridgehead atoms. The van der Waals surface area contributed by atoms with E-state index in [0.717, 1.165) is 51.0 Å². The molecule has 1 saturated heterocycles. The molecule has 3 aromatic rings. The zero-order chi connectivity index (χ0) is 23.8. The fourth-order valence-electron chi connectivity index (χ4n) is 4.37. The standard InChI is InChI=1S/C28H31N3O3/c1-2-26(32)27(33)19-28-29-20-24(21-30-15-17-34-18-16-30)31(28)14-13-25(22-9-5-3-6-10-22)23-11-7-4-8-12-23/h2-12,19-20,25,33H,1,13-18,21H2/b27-19-. The number of nitrogens with zero attached hydrogens (tertiary/aromatic N) is 3. The van der Waals surface area contributed by atoms with Crippen LogP contribution in [0.25, 0.3) is 6.08 Å². The Morgan fingerprint density at radius 3 is 2.26 bits per heavy atom. The molecule has 2 aromatic carbocycles. The number of ketones is 1. The van der Waals surface area contributed by atoms with Crippen LogP contribution < -0.4 is 0 Å². The Kier molecular flexibility index (Phi) is 8.07. The van der Waals surface area contributed by atoms with Crippen LogP contribution in [0.1, 0.15) is 35.0 Å². The molecular weight excluding hydrogens is 426 g/mol. The fourth-order valence-corrected chi connectivity index (χ4v) is 4.37. The maximum absolute atomic E-state index is 11.9. The minimum absolute atomic E-state index is 0.210. The van der Waals surface area contributed by atoms with Crippen LogP contribution in [0.2, 0.25) is 0 Å². The highest BCUT2D eigenvalue weighted by molar-refractivity contribution is 6.04. The first-order chi connectivity index (χ1) is 16.7. The van der Waals surface area contributed by atoms with Gasteiger partial charge in [0.2, 0.25) is 5.78 Å². The van der Waals surface area contributed by atoms with Crippen LogP contribution in [0.15, 0.2) is 85.3 Å². The first-order valence-electron chi connectivity index (χ1n) is 11.7. The summed E-state index contributed by atoms with van der Waals surface area (Å²) in [4.78, 5) is 18.8. The smallest absolute Gasteiger partial charge is 0.219 e. The van der Waals surface area contributed by atoms with E-state index in [1.165, 1.54) is 17.2 Å². The normalized spacial score (nSPS) is 14.9. The van der Waals surface area contributed by atoms with Gasteiger partial charge in [0.25, 0.3) is 0 Å². The zero-order valence-corrected chi connectivity index (χ0v) is 19.3. The molecule has 1 aliphatic heterocycles. The van der Waals surface area contributed by atoms with Crippen molar-refractivity contribution in [1.82, 2.24) is 14.5 Å². The zero-order valence-electron chi connectivity index (χ0n) is 19.3. The summed E-state index contributed by atoms with van der Waals surface area (Å²) in [6, 6.07) is 21.0. The van der Waals surface area contributed by atoms with Gasteiger partial charge in [0.1, 0.15) is 5.82 Å². The third kappa shape index (κ3) is 5.90. The van der Waals surface area contributed by atoms with Crippen molar-refractivity contribution < 1.29 is 14.6 Å². The highest BCUT2D eigenvalue weighted by Crippen LogP contribution is 2.29. The largest absolute Gasteiger partial charge is 0.504 e. The molecule has 1 N–H and O–H groups in total. The number of imidazole rings is 1. The highest BCUT2D eigenvalue weighted by Gasteiger charge is 2.19. The second-order valence-electron chi connectivity index (χ2n) is 8.41. The molecule has 6 heteroatoms. The van der Waals surface area contributed by atoms with E-state index in [4.69, 9.17) is 4.74 Å². The van der Waals surface area contributed by atoms with Gasteiger partial charge in [0.05, 0.1) is 25.1 Å². The number of allylic oxidation sites excluding steroid dienone is 1. The average Bonchev–Trinajstić information content (AvgIpc) is 3.26. The van der Waals surface area contributed by atoms with Crippen molar-refractivity contribution in [1.29, 1.82) is 0 Å². The molecule has 176 valence electrons. The average molecular weight is 458 g/mol. The minimum Gasteiger partial charge on any atom is -0.504 e. The monoisotopic (exact) mass is 457 g/mol. The van der Waals surface area contributed by atoms with Crippen LogP contribution in [0.5, 0.6) is 0 Å². The minimum atomic E-state index is -0.518. The second-order valence-corrected chi connectivity index (χ2v) is 8.41. The highest BCUT2D eigenvalue weighted by atomic mass is 16.5. The van der Waals surface area contributed by atoms with E-state index < -0.39 is 5.78 Å². The van der Waals surface area contributed by atoms with E-state index in [2.05, 4.69) is 69.6 Å². The van der Waals surface area contributed by atoms with Crippen molar-refractivity contribution in [2.75, 3.05) is 26.3 Å². The first kappa shape index (κ1) is 23.7. The van der Waals surface area contributed by atoms with Crippen LogP contribution >= 0.6 is 0 Å². The molecule has 1 aromatic heterocycles. The van der Waals surface area contributed by atoms with Gasteiger partial charge in [-0.25, -0.2) is 4.98 Å². The van der Waals surface area contributed by atoms with Gasteiger partial charge in [-0.05, 0) is 23.6 Å². The van der Waals surface area contributed by atoms with Crippen molar-refractivity contribution in [2.45, 2.75) is 25.4 Å². The van der Waals surface area contributed by atoms with Gasteiger partial charge >= 0.3 is 0 Å². The number of hydrogen-bond acceptors (Lipinski definition) is 5. The Morgan fingerprint density at radius 1 is 1.06 bits per heavy atom. The Hall–Kier alpha value is -3.48. The second kappa shape index (κ2) is 11.6. The summed E-state index contributed by atoms with van der Waals surface area (Å²) in [5.74, 6) is -0.102. The summed E-state index contributed by atoms with van der Waals surface area (Å²) in [7, 11) is 0. The molecule has 0 saturated carbocycles. The Bertz CT molecular complexity index is 1080. The Labute approximate surface area is 200 Å². The lowest BCUT2D eigenvalue weighted by molar-refractivity contribution is -0.113. The lowest BCUT2D eigenvalue weighted by Gasteiger charge is -2.27. The molecule has 0 spiro atoms. The van der Waals surface area contributed by atoms with Gasteiger partial charge in [0, 0.05) is 38.2 Å². The molecule has 4 rings (SSSR count). The van der Waals surface area contributed by atoms with Gasteiger partial charge in [-0.3, -0.25) is 9.69 Å². The molecule has 0 amide bonds. The van der Waals surface area contributed by atoms with E-state index >= 15 is 0 Å². The number of aliphatic hydroxyl groups is 1. The summed E-state index contributed by atoms with van der Waals surface area (Å²) < 4.78 is 7.60. The Balaban J connectivity index is 1.64. The van der Waals surface area contributed by atoms with Crippen LogP contribution in [0.3, 0.4) is 0 Å². The topological polar surface area (TPSA) is 67.6 Å². The lowest BCUT2D eigenvalue weighted by Crippen LogP contribution is -2.36. The lowest BCUT2D eigenvalue weighted by atomic mass is 9.88. The number of carbonyl (C=O) groups is 1. The van der Waals surface area contributed by atoms with Crippen LogP contribution in [-0.2, 0) is 22.6 Å². The van der Waals surface area contributed by atoms with E-state index in [1.54, 1.807) is 0 Å². The van der Waals surface area contributed by atoms with Gasteiger partial charge in [0.15, 0.2) is 5.76 Å². The van der Waals surface area contributed by atoms with E-state index in [-0.39, 0.29) is 11.7 Å². The number of benzene rings is 2. The number of carbonyl (C=O) groups excluding carboxylic acids is 1. The van der Waals surface area contributed by atoms with Crippen molar-refractivity contribution in [2.24, 2.45) is 0 Å². The van der Waals surface area contributed by atoms with Gasteiger partial charge in [-0.1, -0.05) is 67.2 Å². The molecule has 0 unspecified atom stereocenters. The predicted octanol–water partition coefficient (Wildman–Crippen LogP) is 4.59. The van der Waals surface area contributed by atoms with E-state index in [9.17, 15) is 9.90 Å². The molecule has 34 heavy (non-hydrogen) atoms. The SMILES string of the molecule is C=CC(=O)/C(O)=C/c1ncc(CN2CCOCC2)n1CCC(c1ccccc1)c1ccccc1. The number of hydrogen-bond donors (Lipinski definition) is 1. The summed E-state index contributed by atoms with van der Waals surface area (Å²) in [5.41, 5.74) is 3.56. The molecule has 1 fully saturated rings. The molecular formula is C28H31N3O3. The number of morpholine rings is 1. The molecule has 0 aliphatic carbocycles. The van der Waals surface area contributed by atoms with Gasteiger partial charge in [-0.15, -0.1) is 0 Å². The third-order valence-electron chi connectivity index (χ3n) is 6.21. The number of ether oxygens (including phenoxy) is 1. The van der Waals surface area contributed by atoms with Crippen molar-refractivity contribution in [3.8, 4) is 0 Å². The summed E-state index contributed by atoms with van der Waals surface area (Å²) in [5, 5.41) is 10.2. The van der Waals surface area contributed by atoms with Gasteiger partial charge < -0.3 is 14.4 Å². The Morgan fingerprint density at radius 2 is 1.68 bits per heavy atom. The van der Waals surface area contributed by atoms with Crippen LogP contribution in [-0.4, -0.2) is 51.6 Å². The summed E-state index contributed by atoms with van der Waals surface area (Å²) >= 11 is 0. The molecule has 0 radical (unpaired) electrons. The molecule has 2 heterocycles. The molecule has 1 aliphatic rings. The summed E-state index contributed by atoms with van der Waals surface area (Å²) in [6.45, 7) is 8.07. The maximum atomic E-state index is 11.9. The number of aromatic nitrogens is 2. The van der Waals surface area contributed by atoms with Crippen LogP contribution in [0.4, 0.5) is 0 Å². The van der Waals surface area contributed by atoms with Gasteiger partial charge in [-0.2, -0.15) is 0 Å². The van der Waals surface area contributed by atoms with Crippen molar-refractivity contribution >= 4 is 11.9 Å². The third-order valence-corrected chi connectivity index (χ3v) is 6.21. The molecule has 0 atom stereocenters. The van der Waals surface area contributed by atoms with Crippen molar-refractivity contribution in [3.05, 3.63) is 108 Å². The molecule has 6 nitrogen and oxygen atoms in total.